The highest BCUT2D eigenvalue weighted by atomic mass is 32.2. The van der Waals surface area contributed by atoms with E-state index in [1.54, 1.807) is 12.1 Å². The summed E-state index contributed by atoms with van der Waals surface area (Å²) in [7, 11) is -0.896. The molecule has 0 spiro atoms. The Bertz CT molecular complexity index is 729. The number of carbonyl (C=O) groups is 1. The summed E-state index contributed by atoms with van der Waals surface area (Å²) in [5, 5.41) is 0. The molecule has 1 saturated carbocycles. The van der Waals surface area contributed by atoms with Crippen LogP contribution < -0.4 is 9.46 Å². The minimum Gasteiger partial charge on any atom is -0.495 e. The summed E-state index contributed by atoms with van der Waals surface area (Å²) in [4.78, 5) is 12.1. The number of esters is 1. The van der Waals surface area contributed by atoms with Crippen LogP contribution in [0, 0.1) is 25.7 Å². The highest BCUT2D eigenvalue weighted by Gasteiger charge is 2.33. The van der Waals surface area contributed by atoms with E-state index in [1.807, 2.05) is 13.8 Å². The van der Waals surface area contributed by atoms with Crippen LogP contribution in [-0.2, 0) is 19.6 Å². The van der Waals surface area contributed by atoms with Crippen LogP contribution in [0.15, 0.2) is 17.0 Å². The monoisotopic (exact) mass is 369 g/mol. The molecule has 0 radical (unpaired) electrons. The first kappa shape index (κ1) is 19.7. The minimum absolute atomic E-state index is 0.0477. The van der Waals surface area contributed by atoms with Crippen LogP contribution in [0.2, 0.25) is 0 Å². The van der Waals surface area contributed by atoms with E-state index in [9.17, 15) is 13.2 Å². The molecule has 1 fully saturated rings. The van der Waals surface area contributed by atoms with Gasteiger partial charge in [0, 0.05) is 6.54 Å². The first-order chi connectivity index (χ1) is 11.8. The fourth-order valence-corrected chi connectivity index (χ4v) is 4.67. The predicted molar refractivity (Wildman–Crippen MR) is 95.1 cm³/mol. The summed E-state index contributed by atoms with van der Waals surface area (Å²) in [6, 6.07) is 3.34. The van der Waals surface area contributed by atoms with Crippen LogP contribution in [-0.4, -0.2) is 35.2 Å². The van der Waals surface area contributed by atoms with Gasteiger partial charge in [-0.15, -0.1) is 0 Å². The highest BCUT2D eigenvalue weighted by Crippen LogP contribution is 2.32. The van der Waals surface area contributed by atoms with Gasteiger partial charge in [0.05, 0.1) is 20.1 Å². The SMILES string of the molecule is COC(=O)C1CCCCC1CNS(=O)(=O)c1cc(C)c(C)cc1OC. The van der Waals surface area contributed by atoms with Gasteiger partial charge in [-0.25, -0.2) is 13.1 Å². The number of ether oxygens (including phenoxy) is 2. The van der Waals surface area contributed by atoms with Crippen molar-refractivity contribution in [3.8, 4) is 5.75 Å². The number of nitrogens with one attached hydrogen (secondary N) is 1. The summed E-state index contributed by atoms with van der Waals surface area (Å²) in [5.74, 6) is -0.229. The molecule has 1 aliphatic rings. The molecule has 2 atom stereocenters. The number of sulfonamides is 1. The van der Waals surface area contributed by atoms with Crippen LogP contribution in [0.3, 0.4) is 0 Å². The molecule has 0 aromatic heterocycles. The first-order valence-corrected chi connectivity index (χ1v) is 10.0. The van der Waals surface area contributed by atoms with Crippen LogP contribution in [0.5, 0.6) is 5.75 Å². The molecule has 1 aromatic rings. The number of aryl methyl sites for hydroxylation is 2. The third-order valence-electron chi connectivity index (χ3n) is 5.02. The minimum atomic E-state index is -3.72. The fraction of sp³-hybridized carbons (Fsp3) is 0.611. The number of rotatable bonds is 6. The van der Waals surface area contributed by atoms with Crippen LogP contribution >= 0.6 is 0 Å². The van der Waals surface area contributed by atoms with Gasteiger partial charge in [-0.1, -0.05) is 12.8 Å². The van der Waals surface area contributed by atoms with Gasteiger partial charge >= 0.3 is 5.97 Å². The van der Waals surface area contributed by atoms with Crippen molar-refractivity contribution in [1.29, 1.82) is 0 Å². The summed E-state index contributed by atoms with van der Waals surface area (Å²) >= 11 is 0. The van der Waals surface area contributed by atoms with E-state index >= 15 is 0 Å². The van der Waals surface area contributed by atoms with Gasteiger partial charge in [0.15, 0.2) is 0 Å². The summed E-state index contributed by atoms with van der Waals surface area (Å²) in [6.07, 6.45) is 3.51. The van der Waals surface area contributed by atoms with Crippen molar-refractivity contribution < 1.29 is 22.7 Å². The van der Waals surface area contributed by atoms with Gasteiger partial charge in [0.1, 0.15) is 10.6 Å². The molecule has 6 nitrogen and oxygen atoms in total. The van der Waals surface area contributed by atoms with Crippen molar-refractivity contribution >= 4 is 16.0 Å². The fourth-order valence-electron chi connectivity index (χ4n) is 3.34. The molecule has 1 N–H and O–H groups in total. The van der Waals surface area contributed by atoms with E-state index in [2.05, 4.69) is 4.72 Å². The summed E-state index contributed by atoms with van der Waals surface area (Å²) in [5.41, 5.74) is 1.85. The lowest BCUT2D eigenvalue weighted by atomic mass is 9.79. The number of benzene rings is 1. The van der Waals surface area contributed by atoms with Crippen LogP contribution in [0.25, 0.3) is 0 Å². The molecule has 0 heterocycles. The van der Waals surface area contributed by atoms with Gasteiger partial charge in [-0.2, -0.15) is 0 Å². The van der Waals surface area contributed by atoms with Crippen molar-refractivity contribution in [2.24, 2.45) is 11.8 Å². The lowest BCUT2D eigenvalue weighted by Crippen LogP contribution is -2.37. The maximum absolute atomic E-state index is 12.8. The highest BCUT2D eigenvalue weighted by molar-refractivity contribution is 7.89. The Morgan fingerprint density at radius 2 is 1.80 bits per heavy atom. The molecule has 0 saturated heterocycles. The molecular formula is C18H27NO5S. The molecule has 140 valence electrons. The van der Waals surface area contributed by atoms with E-state index in [0.717, 1.165) is 36.8 Å². The Labute approximate surface area is 150 Å². The maximum Gasteiger partial charge on any atom is 0.308 e. The molecule has 2 rings (SSSR count). The second kappa shape index (κ2) is 8.19. The maximum atomic E-state index is 12.8. The van der Waals surface area contributed by atoms with Crippen LogP contribution in [0.1, 0.15) is 36.8 Å². The molecular weight excluding hydrogens is 342 g/mol. The Morgan fingerprint density at radius 3 is 2.44 bits per heavy atom. The van der Waals surface area contributed by atoms with Crippen LogP contribution in [0.4, 0.5) is 0 Å². The third-order valence-corrected chi connectivity index (χ3v) is 6.46. The zero-order valence-electron chi connectivity index (χ0n) is 15.3. The van der Waals surface area contributed by atoms with Crippen molar-refractivity contribution in [2.45, 2.75) is 44.4 Å². The van der Waals surface area contributed by atoms with Crippen molar-refractivity contribution in [1.82, 2.24) is 4.72 Å². The Kier molecular flexibility index (Phi) is 6.46. The standard InChI is InChI=1S/C18H27NO5S/c1-12-9-16(23-3)17(10-13(12)2)25(21,22)19-11-14-7-5-6-8-15(14)18(20)24-4/h9-10,14-15,19H,5-8,11H2,1-4H3. The second-order valence-corrected chi connectivity index (χ2v) is 8.35. The molecule has 0 amide bonds. The zero-order chi connectivity index (χ0) is 18.6. The quantitative estimate of drug-likeness (QED) is 0.780. The average molecular weight is 369 g/mol. The Morgan fingerprint density at radius 1 is 1.16 bits per heavy atom. The number of carbonyl (C=O) groups excluding carboxylic acids is 1. The number of hydrogen-bond donors (Lipinski definition) is 1. The predicted octanol–water partition coefficient (Wildman–Crippen LogP) is 2.57. The molecule has 0 aliphatic heterocycles. The van der Waals surface area contributed by atoms with Gasteiger partial charge in [0.2, 0.25) is 10.0 Å². The molecule has 1 aromatic carbocycles. The smallest absolute Gasteiger partial charge is 0.308 e. The summed E-state index contributed by atoms with van der Waals surface area (Å²) in [6.45, 7) is 3.99. The van der Waals surface area contributed by atoms with E-state index in [0.29, 0.717) is 5.75 Å². The van der Waals surface area contributed by atoms with Gasteiger partial charge in [-0.3, -0.25) is 4.79 Å². The van der Waals surface area contributed by atoms with E-state index in [4.69, 9.17) is 9.47 Å². The van der Waals surface area contributed by atoms with Gasteiger partial charge < -0.3 is 9.47 Å². The van der Waals surface area contributed by atoms with Crippen molar-refractivity contribution in [2.75, 3.05) is 20.8 Å². The van der Waals surface area contributed by atoms with E-state index in [-0.39, 0.29) is 29.2 Å². The number of methoxy groups -OCH3 is 2. The van der Waals surface area contributed by atoms with E-state index < -0.39 is 10.0 Å². The number of hydrogen-bond acceptors (Lipinski definition) is 5. The van der Waals surface area contributed by atoms with Gasteiger partial charge in [-0.05, 0) is 55.9 Å². The van der Waals surface area contributed by atoms with Gasteiger partial charge in [0.25, 0.3) is 0 Å². The second-order valence-electron chi connectivity index (χ2n) is 6.61. The Hall–Kier alpha value is -1.60. The zero-order valence-corrected chi connectivity index (χ0v) is 16.1. The van der Waals surface area contributed by atoms with Crippen molar-refractivity contribution in [3.63, 3.8) is 0 Å². The average Bonchev–Trinajstić information content (AvgIpc) is 2.61. The largest absolute Gasteiger partial charge is 0.495 e. The first-order valence-electron chi connectivity index (χ1n) is 8.53. The molecule has 25 heavy (non-hydrogen) atoms. The third kappa shape index (κ3) is 4.52. The Balaban J connectivity index is 2.19. The van der Waals surface area contributed by atoms with E-state index in [1.165, 1.54) is 14.2 Å². The molecule has 1 aliphatic carbocycles. The molecule has 2 unspecified atom stereocenters. The lowest BCUT2D eigenvalue weighted by Gasteiger charge is -2.29. The topological polar surface area (TPSA) is 81.7 Å². The summed E-state index contributed by atoms with van der Waals surface area (Å²) < 4.78 is 38.3. The normalized spacial score (nSPS) is 21.0. The molecule has 0 bridgehead atoms. The lowest BCUT2D eigenvalue weighted by molar-refractivity contribution is -0.148. The molecule has 7 heteroatoms. The van der Waals surface area contributed by atoms with Crippen molar-refractivity contribution in [3.05, 3.63) is 23.3 Å².